The molecular formula is C24H19BrClN3O4. The highest BCUT2D eigenvalue weighted by Gasteiger charge is 2.35. The maximum Gasteiger partial charge on any atom is 0.255 e. The number of nitrogens with one attached hydrogen (secondary N) is 1. The Kier molecular flexibility index (Phi) is 6.67. The number of amides is 2. The van der Waals surface area contributed by atoms with E-state index in [-0.39, 0.29) is 17.7 Å². The molecule has 0 bridgehead atoms. The lowest BCUT2D eigenvalue weighted by Crippen LogP contribution is -2.25. The number of hydrogen-bond donors (Lipinski definition) is 1. The molecule has 2 amide bonds. The average molecular weight is 529 g/mol. The number of hydrazone groups is 1. The van der Waals surface area contributed by atoms with Crippen molar-refractivity contribution >= 4 is 50.9 Å². The zero-order chi connectivity index (χ0) is 23.5. The van der Waals surface area contributed by atoms with Crippen LogP contribution in [0.1, 0.15) is 34.6 Å². The third-order valence-corrected chi connectivity index (χ3v) is 5.61. The van der Waals surface area contributed by atoms with Gasteiger partial charge in [0.15, 0.2) is 0 Å². The summed E-state index contributed by atoms with van der Waals surface area (Å²) in [7, 11) is 1.55. The van der Waals surface area contributed by atoms with Crippen molar-refractivity contribution in [2.24, 2.45) is 5.10 Å². The lowest BCUT2D eigenvalue weighted by atomic mass is 10.1. The Morgan fingerprint density at radius 2 is 1.91 bits per heavy atom. The Morgan fingerprint density at radius 1 is 1.12 bits per heavy atom. The van der Waals surface area contributed by atoms with E-state index in [1.165, 1.54) is 11.9 Å². The SMILES string of the molecule is COc1ccc(Br)cc1C1OC(c2cccc(NC(=O)c3cccc(Cl)c3)c2)=NN1C(C)=O. The molecule has 0 fully saturated rings. The summed E-state index contributed by atoms with van der Waals surface area (Å²) in [4.78, 5) is 24.9. The molecule has 1 heterocycles. The van der Waals surface area contributed by atoms with Gasteiger partial charge in [-0.1, -0.05) is 39.7 Å². The number of nitrogens with zero attached hydrogens (tertiary/aromatic N) is 2. The first-order valence-corrected chi connectivity index (χ1v) is 11.1. The minimum Gasteiger partial charge on any atom is -0.496 e. The number of rotatable bonds is 5. The number of ether oxygens (including phenoxy) is 2. The summed E-state index contributed by atoms with van der Waals surface area (Å²) < 4.78 is 12.3. The van der Waals surface area contributed by atoms with Crippen LogP contribution in [0.5, 0.6) is 5.75 Å². The van der Waals surface area contributed by atoms with Gasteiger partial charge in [-0.25, -0.2) is 0 Å². The predicted molar refractivity (Wildman–Crippen MR) is 129 cm³/mol. The first-order valence-electron chi connectivity index (χ1n) is 9.91. The Labute approximate surface area is 204 Å². The molecular weight excluding hydrogens is 510 g/mol. The molecule has 3 aromatic carbocycles. The first kappa shape index (κ1) is 22.8. The monoisotopic (exact) mass is 527 g/mol. The van der Waals surface area contributed by atoms with E-state index in [2.05, 4.69) is 26.3 Å². The highest BCUT2D eigenvalue weighted by molar-refractivity contribution is 9.10. The summed E-state index contributed by atoms with van der Waals surface area (Å²) in [6.07, 6.45) is -0.797. The zero-order valence-corrected chi connectivity index (χ0v) is 20.1. The van der Waals surface area contributed by atoms with Gasteiger partial charge in [-0.05, 0) is 54.6 Å². The van der Waals surface area contributed by atoms with Crippen LogP contribution in [0.25, 0.3) is 0 Å². The van der Waals surface area contributed by atoms with Crippen LogP contribution in [-0.4, -0.2) is 29.8 Å². The quantitative estimate of drug-likeness (QED) is 0.467. The summed E-state index contributed by atoms with van der Waals surface area (Å²) in [6.45, 7) is 1.41. The molecule has 0 spiro atoms. The second kappa shape index (κ2) is 9.64. The molecule has 1 N–H and O–H groups in total. The number of benzene rings is 3. The molecule has 4 rings (SSSR count). The molecule has 33 heavy (non-hydrogen) atoms. The van der Waals surface area contributed by atoms with E-state index in [1.807, 2.05) is 12.1 Å². The summed E-state index contributed by atoms with van der Waals surface area (Å²) in [5, 5.41) is 8.96. The number of anilines is 1. The molecule has 1 aliphatic rings. The normalized spacial score (nSPS) is 15.0. The van der Waals surface area contributed by atoms with Gasteiger partial charge in [0.05, 0.1) is 12.7 Å². The van der Waals surface area contributed by atoms with E-state index in [0.29, 0.717) is 33.1 Å². The Bertz CT molecular complexity index is 1260. The molecule has 0 aromatic heterocycles. The molecule has 0 aliphatic carbocycles. The molecule has 1 unspecified atom stereocenters. The highest BCUT2D eigenvalue weighted by Crippen LogP contribution is 2.37. The highest BCUT2D eigenvalue weighted by atomic mass is 79.9. The minimum atomic E-state index is -0.797. The van der Waals surface area contributed by atoms with Crippen LogP contribution in [0.3, 0.4) is 0 Å². The van der Waals surface area contributed by atoms with Crippen LogP contribution >= 0.6 is 27.5 Å². The van der Waals surface area contributed by atoms with Crippen molar-refractivity contribution in [2.45, 2.75) is 13.2 Å². The summed E-state index contributed by atoms with van der Waals surface area (Å²) in [5.74, 6) is 0.220. The molecule has 168 valence electrons. The molecule has 7 nitrogen and oxygen atoms in total. The van der Waals surface area contributed by atoms with Crippen molar-refractivity contribution in [2.75, 3.05) is 12.4 Å². The largest absolute Gasteiger partial charge is 0.496 e. The molecule has 3 aromatic rings. The smallest absolute Gasteiger partial charge is 0.255 e. The Hall–Kier alpha value is -3.36. The molecule has 0 saturated heterocycles. The van der Waals surface area contributed by atoms with Gasteiger partial charge in [0, 0.05) is 33.2 Å². The number of halogens is 2. The number of carbonyl (C=O) groups excluding carboxylic acids is 2. The summed E-state index contributed by atoms with van der Waals surface area (Å²) in [5.41, 5.74) is 2.22. The summed E-state index contributed by atoms with van der Waals surface area (Å²) >= 11 is 9.43. The molecule has 0 radical (unpaired) electrons. The zero-order valence-electron chi connectivity index (χ0n) is 17.7. The van der Waals surface area contributed by atoms with Gasteiger partial charge in [-0.2, -0.15) is 5.01 Å². The summed E-state index contributed by atoms with van der Waals surface area (Å²) in [6, 6.07) is 19.1. The van der Waals surface area contributed by atoms with Crippen LogP contribution in [0.15, 0.2) is 76.3 Å². The molecule has 1 aliphatic heterocycles. The van der Waals surface area contributed by atoms with E-state index in [0.717, 1.165) is 4.47 Å². The fourth-order valence-corrected chi connectivity index (χ4v) is 3.92. The van der Waals surface area contributed by atoms with Gasteiger partial charge in [-0.3, -0.25) is 9.59 Å². The van der Waals surface area contributed by atoms with Crippen LogP contribution in [-0.2, 0) is 9.53 Å². The van der Waals surface area contributed by atoms with E-state index in [4.69, 9.17) is 21.1 Å². The van der Waals surface area contributed by atoms with Crippen molar-refractivity contribution in [1.82, 2.24) is 5.01 Å². The van der Waals surface area contributed by atoms with E-state index in [9.17, 15) is 9.59 Å². The van der Waals surface area contributed by atoms with Crippen molar-refractivity contribution < 1.29 is 19.1 Å². The van der Waals surface area contributed by atoms with Crippen molar-refractivity contribution in [3.05, 3.63) is 92.9 Å². The second-order valence-corrected chi connectivity index (χ2v) is 8.52. The lowest BCUT2D eigenvalue weighted by molar-refractivity contribution is -0.135. The van der Waals surface area contributed by atoms with Gasteiger partial charge in [0.2, 0.25) is 18.0 Å². The van der Waals surface area contributed by atoms with Crippen molar-refractivity contribution in [3.63, 3.8) is 0 Å². The topological polar surface area (TPSA) is 80.2 Å². The van der Waals surface area contributed by atoms with Crippen molar-refractivity contribution in [1.29, 1.82) is 0 Å². The molecule has 0 saturated carbocycles. The van der Waals surface area contributed by atoms with Gasteiger partial charge in [0.1, 0.15) is 5.75 Å². The van der Waals surface area contributed by atoms with Crippen LogP contribution in [0.4, 0.5) is 5.69 Å². The standard InChI is InChI=1S/C24H19BrClN3O4/c1-14(30)29-24(20-13-17(25)9-10-21(20)32-2)33-23(28-29)16-6-4-8-19(12-16)27-22(31)15-5-3-7-18(26)11-15/h3-13,24H,1-2H3,(H,27,31). The second-order valence-electron chi connectivity index (χ2n) is 7.17. The van der Waals surface area contributed by atoms with E-state index in [1.54, 1.807) is 61.7 Å². The van der Waals surface area contributed by atoms with Crippen LogP contribution in [0, 0.1) is 0 Å². The maximum atomic E-state index is 12.6. The minimum absolute atomic E-state index is 0.246. The predicted octanol–water partition coefficient (Wildman–Crippen LogP) is 5.60. The third kappa shape index (κ3) is 5.02. The van der Waals surface area contributed by atoms with Gasteiger partial charge < -0.3 is 14.8 Å². The lowest BCUT2D eigenvalue weighted by Gasteiger charge is -2.21. The van der Waals surface area contributed by atoms with Gasteiger partial charge in [0.25, 0.3) is 5.91 Å². The van der Waals surface area contributed by atoms with E-state index < -0.39 is 6.23 Å². The van der Waals surface area contributed by atoms with Gasteiger partial charge in [-0.15, -0.1) is 5.10 Å². The number of hydrogen-bond acceptors (Lipinski definition) is 5. The molecule has 1 atom stereocenters. The number of carbonyl (C=O) groups is 2. The third-order valence-electron chi connectivity index (χ3n) is 4.88. The number of methoxy groups -OCH3 is 1. The fraction of sp³-hybridized carbons (Fsp3) is 0.125. The fourth-order valence-electron chi connectivity index (χ4n) is 3.35. The van der Waals surface area contributed by atoms with Crippen molar-refractivity contribution in [3.8, 4) is 5.75 Å². The average Bonchev–Trinajstić information content (AvgIpc) is 3.25. The molecule has 9 heteroatoms. The van der Waals surface area contributed by atoms with E-state index >= 15 is 0 Å². The Morgan fingerprint density at radius 3 is 2.64 bits per heavy atom. The van der Waals surface area contributed by atoms with Crippen LogP contribution in [0.2, 0.25) is 5.02 Å². The maximum absolute atomic E-state index is 12.6. The van der Waals surface area contributed by atoms with Crippen LogP contribution < -0.4 is 10.1 Å². The van der Waals surface area contributed by atoms with Gasteiger partial charge >= 0.3 is 0 Å². The first-order chi connectivity index (χ1) is 15.9. The Balaban J connectivity index is 1.61.